The topological polar surface area (TPSA) is 85.6 Å². The van der Waals surface area contributed by atoms with Gasteiger partial charge in [-0.15, -0.1) is 11.8 Å². The zero-order valence-corrected chi connectivity index (χ0v) is 18.7. The number of aromatic nitrogens is 1. The molecule has 0 spiro atoms. The highest BCUT2D eigenvalue weighted by atomic mass is 32.2. The van der Waals surface area contributed by atoms with Crippen LogP contribution in [0.15, 0.2) is 76.7 Å². The molecule has 4 aromatic rings. The van der Waals surface area contributed by atoms with Gasteiger partial charge in [0, 0.05) is 17.6 Å². The van der Waals surface area contributed by atoms with Crippen LogP contribution < -0.4 is 4.74 Å². The van der Waals surface area contributed by atoms with Crippen molar-refractivity contribution in [1.82, 2.24) is 3.97 Å². The quantitative estimate of drug-likeness (QED) is 0.372. The SMILES string of the molecule is CSc1c(Oc2cccc(C(=O)O)c2)c(F)cc2c1ccn2S(=O)(=O)c1ccc(C)cc1. The smallest absolute Gasteiger partial charge is 0.335 e. The number of carboxylic acid groups (broad SMARTS) is 1. The normalized spacial score (nSPS) is 11.6. The lowest BCUT2D eigenvalue weighted by Crippen LogP contribution is -2.12. The fourth-order valence-corrected chi connectivity index (χ4v) is 5.37. The highest BCUT2D eigenvalue weighted by Crippen LogP contribution is 2.41. The number of aryl methyl sites for hydroxylation is 1. The summed E-state index contributed by atoms with van der Waals surface area (Å²) in [4.78, 5) is 11.7. The Morgan fingerprint density at radius 2 is 1.81 bits per heavy atom. The van der Waals surface area contributed by atoms with Crippen molar-refractivity contribution in [2.75, 3.05) is 6.26 Å². The molecule has 3 aromatic carbocycles. The van der Waals surface area contributed by atoms with Crippen molar-refractivity contribution in [2.45, 2.75) is 16.7 Å². The van der Waals surface area contributed by atoms with Crippen molar-refractivity contribution in [1.29, 1.82) is 0 Å². The molecule has 0 aliphatic heterocycles. The van der Waals surface area contributed by atoms with E-state index in [-0.39, 0.29) is 27.5 Å². The molecule has 32 heavy (non-hydrogen) atoms. The number of benzene rings is 3. The van der Waals surface area contributed by atoms with Crippen LogP contribution in [0.4, 0.5) is 4.39 Å². The molecule has 9 heteroatoms. The highest BCUT2D eigenvalue weighted by Gasteiger charge is 2.24. The number of rotatable bonds is 6. The van der Waals surface area contributed by atoms with E-state index in [9.17, 15) is 13.2 Å². The van der Waals surface area contributed by atoms with E-state index in [4.69, 9.17) is 9.84 Å². The number of thioether (sulfide) groups is 1. The first-order valence-electron chi connectivity index (χ1n) is 9.43. The van der Waals surface area contributed by atoms with E-state index >= 15 is 4.39 Å². The van der Waals surface area contributed by atoms with Gasteiger partial charge in [0.2, 0.25) is 0 Å². The lowest BCUT2D eigenvalue weighted by molar-refractivity contribution is 0.0696. The maximum atomic E-state index is 15.2. The van der Waals surface area contributed by atoms with Crippen LogP contribution in [0.2, 0.25) is 0 Å². The molecule has 0 aliphatic carbocycles. The van der Waals surface area contributed by atoms with Crippen LogP contribution in [-0.2, 0) is 10.0 Å². The van der Waals surface area contributed by atoms with Crippen molar-refractivity contribution >= 4 is 38.7 Å². The maximum absolute atomic E-state index is 15.2. The van der Waals surface area contributed by atoms with Gasteiger partial charge in [0.25, 0.3) is 10.0 Å². The molecular weight excluding hydrogens is 453 g/mol. The molecule has 0 aliphatic rings. The van der Waals surface area contributed by atoms with Gasteiger partial charge in [-0.2, -0.15) is 0 Å². The Bertz CT molecular complexity index is 1440. The summed E-state index contributed by atoms with van der Waals surface area (Å²) in [6, 6.07) is 14.8. The summed E-state index contributed by atoms with van der Waals surface area (Å²) < 4.78 is 48.2. The van der Waals surface area contributed by atoms with Gasteiger partial charge in [-0.3, -0.25) is 0 Å². The van der Waals surface area contributed by atoms with Crippen molar-refractivity contribution in [3.8, 4) is 11.5 Å². The predicted octanol–water partition coefficient (Wildman–Crippen LogP) is 5.54. The molecule has 6 nitrogen and oxygen atoms in total. The molecule has 0 amide bonds. The van der Waals surface area contributed by atoms with Crippen LogP contribution in [0, 0.1) is 12.7 Å². The third-order valence-electron chi connectivity index (χ3n) is 4.90. The number of ether oxygens (including phenoxy) is 1. The number of hydrogen-bond acceptors (Lipinski definition) is 5. The Morgan fingerprint density at radius 1 is 1.09 bits per heavy atom. The summed E-state index contributed by atoms with van der Waals surface area (Å²) in [5.41, 5.74) is 1.11. The molecule has 0 radical (unpaired) electrons. The van der Waals surface area contributed by atoms with Gasteiger partial charge in [-0.1, -0.05) is 23.8 Å². The summed E-state index contributed by atoms with van der Waals surface area (Å²) in [6.45, 7) is 1.86. The molecule has 164 valence electrons. The Hall–Kier alpha value is -3.30. The summed E-state index contributed by atoms with van der Waals surface area (Å²) in [7, 11) is -3.93. The fourth-order valence-electron chi connectivity index (χ4n) is 3.32. The van der Waals surface area contributed by atoms with E-state index in [1.807, 2.05) is 6.92 Å². The first kappa shape index (κ1) is 21.9. The second-order valence-corrected chi connectivity index (χ2v) is 9.65. The zero-order chi connectivity index (χ0) is 23.0. The molecule has 4 rings (SSSR count). The molecule has 0 saturated heterocycles. The molecule has 0 saturated carbocycles. The molecule has 1 aromatic heterocycles. The molecule has 0 unspecified atom stereocenters. The van der Waals surface area contributed by atoms with E-state index in [1.165, 1.54) is 54.4 Å². The molecule has 0 bridgehead atoms. The summed E-state index contributed by atoms with van der Waals surface area (Å²) >= 11 is 1.20. The average molecular weight is 472 g/mol. The summed E-state index contributed by atoms with van der Waals surface area (Å²) in [5, 5.41) is 9.67. The van der Waals surface area contributed by atoms with Crippen LogP contribution in [-0.4, -0.2) is 29.7 Å². The molecule has 0 fully saturated rings. The molecule has 0 atom stereocenters. The number of aromatic carboxylic acids is 1. The highest BCUT2D eigenvalue weighted by molar-refractivity contribution is 7.99. The number of nitrogens with zero attached hydrogens (tertiary/aromatic N) is 1. The minimum atomic E-state index is -3.93. The average Bonchev–Trinajstić information content (AvgIpc) is 3.19. The fraction of sp³-hybridized carbons (Fsp3) is 0.0870. The maximum Gasteiger partial charge on any atom is 0.335 e. The third-order valence-corrected chi connectivity index (χ3v) is 7.42. The molecule has 1 N–H and O–H groups in total. The van der Waals surface area contributed by atoms with E-state index in [0.717, 1.165) is 15.6 Å². The lowest BCUT2D eigenvalue weighted by atomic mass is 10.2. The van der Waals surface area contributed by atoms with Crippen LogP contribution >= 0.6 is 11.8 Å². The number of carbonyl (C=O) groups is 1. The Balaban J connectivity index is 1.84. The Kier molecular flexibility index (Phi) is 5.70. The van der Waals surface area contributed by atoms with Crippen LogP contribution in [0.25, 0.3) is 10.9 Å². The predicted molar refractivity (Wildman–Crippen MR) is 121 cm³/mol. The monoisotopic (exact) mass is 471 g/mol. The van der Waals surface area contributed by atoms with Gasteiger partial charge in [-0.25, -0.2) is 21.6 Å². The minimum Gasteiger partial charge on any atom is -0.478 e. The number of fused-ring (bicyclic) bond motifs is 1. The standard InChI is InChI=1S/C23H18FNO5S2/c1-14-6-8-17(9-7-14)32(28,29)25-11-10-18-20(25)13-19(24)21(22(18)31-2)30-16-5-3-4-15(12-16)23(26)27/h3-13H,1-2H3,(H,26,27). The molecule has 1 heterocycles. The van der Waals surface area contributed by atoms with Crippen molar-refractivity contribution in [3.63, 3.8) is 0 Å². The lowest BCUT2D eigenvalue weighted by Gasteiger charge is -2.14. The van der Waals surface area contributed by atoms with Crippen molar-refractivity contribution in [3.05, 3.63) is 83.8 Å². The van der Waals surface area contributed by atoms with Gasteiger partial charge in [0.1, 0.15) is 5.75 Å². The van der Waals surface area contributed by atoms with E-state index < -0.39 is 21.8 Å². The summed E-state index contributed by atoms with van der Waals surface area (Å²) in [6.07, 6.45) is 3.11. The van der Waals surface area contributed by atoms with Crippen molar-refractivity contribution in [2.24, 2.45) is 0 Å². The van der Waals surface area contributed by atoms with Crippen molar-refractivity contribution < 1.29 is 27.4 Å². The van der Waals surface area contributed by atoms with Crippen LogP contribution in [0.3, 0.4) is 0 Å². The number of halogens is 1. The van der Waals surface area contributed by atoms with Gasteiger partial charge in [-0.05, 0) is 49.6 Å². The summed E-state index contributed by atoms with van der Waals surface area (Å²) in [5.74, 6) is -1.83. The Labute approximate surface area is 188 Å². The second-order valence-electron chi connectivity index (χ2n) is 7.02. The van der Waals surface area contributed by atoms with Gasteiger partial charge >= 0.3 is 5.97 Å². The van der Waals surface area contributed by atoms with E-state index in [1.54, 1.807) is 24.5 Å². The third kappa shape index (κ3) is 3.85. The largest absolute Gasteiger partial charge is 0.478 e. The first-order chi connectivity index (χ1) is 15.2. The van der Waals surface area contributed by atoms with E-state index in [0.29, 0.717) is 10.3 Å². The first-order valence-corrected chi connectivity index (χ1v) is 12.1. The number of hydrogen-bond donors (Lipinski definition) is 1. The van der Waals surface area contributed by atoms with Gasteiger partial charge < -0.3 is 9.84 Å². The Morgan fingerprint density at radius 3 is 2.47 bits per heavy atom. The van der Waals surface area contributed by atoms with Crippen LogP contribution in [0.5, 0.6) is 11.5 Å². The van der Waals surface area contributed by atoms with Gasteiger partial charge in [0.05, 0.1) is 20.9 Å². The number of carboxylic acids is 1. The van der Waals surface area contributed by atoms with E-state index in [2.05, 4.69) is 0 Å². The zero-order valence-electron chi connectivity index (χ0n) is 17.1. The second kappa shape index (κ2) is 8.33. The minimum absolute atomic E-state index is 0.00466. The van der Waals surface area contributed by atoms with Crippen LogP contribution in [0.1, 0.15) is 15.9 Å². The van der Waals surface area contributed by atoms with Gasteiger partial charge in [0.15, 0.2) is 11.6 Å². The molecular formula is C23H18FNO5S2.